The number of carbonyl (C=O) groups excluding carboxylic acids is 4. The number of anilines is 1. The van der Waals surface area contributed by atoms with Crippen LogP contribution in [0.25, 0.3) is 0 Å². The van der Waals surface area contributed by atoms with E-state index < -0.39 is 47.9 Å². The summed E-state index contributed by atoms with van der Waals surface area (Å²) < 4.78 is 5.23. The number of para-hydroxylation sites is 1. The quantitative estimate of drug-likeness (QED) is 0.342. The molecule has 0 fully saturated rings. The van der Waals surface area contributed by atoms with Gasteiger partial charge in [0, 0.05) is 6.04 Å². The Bertz CT molecular complexity index is 1260. The number of halogens is 1. The predicted molar refractivity (Wildman–Crippen MR) is 146 cm³/mol. The molecule has 9 nitrogen and oxygen atoms in total. The van der Waals surface area contributed by atoms with Crippen molar-refractivity contribution < 1.29 is 23.9 Å². The van der Waals surface area contributed by atoms with Crippen LogP contribution in [0.4, 0.5) is 10.5 Å². The lowest BCUT2D eigenvalue weighted by molar-refractivity contribution is -0.138. The molecule has 0 saturated carbocycles. The zero-order valence-corrected chi connectivity index (χ0v) is 23.1. The van der Waals surface area contributed by atoms with Crippen LogP contribution < -0.4 is 16.4 Å². The van der Waals surface area contributed by atoms with E-state index in [1.54, 1.807) is 65.0 Å². The Morgan fingerprint density at radius 1 is 1.08 bits per heavy atom. The number of hydrogen-bond acceptors (Lipinski definition) is 5. The average molecular weight is 541 g/mol. The lowest BCUT2D eigenvalue weighted by Gasteiger charge is -2.31. The molecule has 2 aromatic carbocycles. The second-order valence-corrected chi connectivity index (χ2v) is 10.2. The van der Waals surface area contributed by atoms with Crippen LogP contribution >= 0.6 is 11.6 Å². The Hall–Kier alpha value is -4.03. The molecule has 0 aromatic heterocycles. The number of amides is 4. The summed E-state index contributed by atoms with van der Waals surface area (Å²) in [4.78, 5) is 52.6. The summed E-state index contributed by atoms with van der Waals surface area (Å²) in [6.45, 7) is 10.3. The van der Waals surface area contributed by atoms with Gasteiger partial charge >= 0.3 is 6.09 Å². The first kappa shape index (κ1) is 30.2. The number of benzene rings is 2. The molecular weight excluding hydrogens is 508 g/mol. The Balaban J connectivity index is 2.58. The second-order valence-electron chi connectivity index (χ2n) is 9.82. The molecule has 38 heavy (non-hydrogen) atoms. The molecule has 2 atom stereocenters. The van der Waals surface area contributed by atoms with Crippen molar-refractivity contribution in [3.05, 3.63) is 63.7 Å². The molecule has 0 spiro atoms. The highest BCUT2D eigenvalue weighted by Crippen LogP contribution is 2.31. The van der Waals surface area contributed by atoms with E-state index >= 15 is 0 Å². The number of nitrogens with two attached hydrogens (primary N) is 1. The van der Waals surface area contributed by atoms with E-state index in [0.717, 1.165) is 16.0 Å². The van der Waals surface area contributed by atoms with Gasteiger partial charge in [0.2, 0.25) is 5.91 Å². The molecule has 2 aromatic rings. The molecule has 0 aliphatic heterocycles. The molecule has 4 N–H and O–H groups in total. The third kappa shape index (κ3) is 7.73. The van der Waals surface area contributed by atoms with Crippen LogP contribution in [-0.2, 0) is 19.1 Å². The highest BCUT2D eigenvalue weighted by atomic mass is 35.5. The maximum absolute atomic E-state index is 13.8. The number of rotatable bonds is 8. The summed E-state index contributed by atoms with van der Waals surface area (Å²) in [6, 6.07) is 9.84. The molecule has 2 rings (SSSR count). The Kier molecular flexibility index (Phi) is 9.91. The smallest absolute Gasteiger partial charge is 0.408 e. The first-order valence-corrected chi connectivity index (χ1v) is 12.2. The fourth-order valence-corrected chi connectivity index (χ4v) is 4.00. The van der Waals surface area contributed by atoms with Crippen LogP contribution in [0, 0.1) is 33.2 Å². The third-order valence-electron chi connectivity index (χ3n) is 5.69. The van der Waals surface area contributed by atoms with Crippen LogP contribution in [0.1, 0.15) is 55.5 Å². The van der Waals surface area contributed by atoms with Gasteiger partial charge in [-0.25, -0.2) is 4.79 Å². The van der Waals surface area contributed by atoms with Crippen molar-refractivity contribution in [2.24, 2.45) is 5.73 Å². The van der Waals surface area contributed by atoms with Crippen molar-refractivity contribution in [2.75, 3.05) is 5.32 Å². The lowest BCUT2D eigenvalue weighted by Crippen LogP contribution is -2.52. The molecule has 10 heteroatoms. The minimum Gasteiger partial charge on any atom is -0.444 e. The van der Waals surface area contributed by atoms with E-state index in [2.05, 4.69) is 16.7 Å². The maximum atomic E-state index is 13.8. The lowest BCUT2D eigenvalue weighted by atomic mass is 9.95. The van der Waals surface area contributed by atoms with Gasteiger partial charge < -0.3 is 21.1 Å². The number of aryl methyl sites for hydroxylation is 2. The minimum atomic E-state index is -1.49. The van der Waals surface area contributed by atoms with Gasteiger partial charge in [0.25, 0.3) is 11.8 Å². The second kappa shape index (κ2) is 12.5. The van der Waals surface area contributed by atoms with Gasteiger partial charge in [-0.05, 0) is 69.9 Å². The van der Waals surface area contributed by atoms with Crippen molar-refractivity contribution >= 4 is 41.1 Å². The summed E-state index contributed by atoms with van der Waals surface area (Å²) in [7, 11) is 0. The SMILES string of the molecule is C#CN(C(=O)C(CC(N)=O)NC(=O)OC(C)(C)C)C(C(=O)Nc1c(C)cccc1Cl)c1cccc(C)c1C. The summed E-state index contributed by atoms with van der Waals surface area (Å²) in [5.74, 6) is -2.40. The van der Waals surface area contributed by atoms with Gasteiger partial charge in [-0.15, -0.1) is 0 Å². The topological polar surface area (TPSA) is 131 Å². The summed E-state index contributed by atoms with van der Waals surface area (Å²) >= 11 is 6.33. The normalized spacial score (nSPS) is 12.5. The van der Waals surface area contributed by atoms with E-state index in [-0.39, 0.29) is 0 Å². The molecule has 0 aliphatic carbocycles. The fraction of sp³-hybridized carbons (Fsp3) is 0.357. The van der Waals surface area contributed by atoms with Crippen LogP contribution in [0.15, 0.2) is 36.4 Å². The van der Waals surface area contributed by atoms with Gasteiger partial charge in [0.1, 0.15) is 17.7 Å². The highest BCUT2D eigenvalue weighted by molar-refractivity contribution is 6.34. The molecule has 0 bridgehead atoms. The van der Waals surface area contributed by atoms with Crippen LogP contribution in [-0.4, -0.2) is 40.4 Å². The zero-order chi connectivity index (χ0) is 28.8. The number of ether oxygens (including phenoxy) is 1. The molecule has 202 valence electrons. The first-order valence-electron chi connectivity index (χ1n) is 11.9. The van der Waals surface area contributed by atoms with Crippen molar-refractivity contribution in [1.29, 1.82) is 0 Å². The molecule has 0 saturated heterocycles. The maximum Gasteiger partial charge on any atom is 0.408 e. The molecule has 2 unspecified atom stereocenters. The van der Waals surface area contributed by atoms with Crippen molar-refractivity contribution in [3.63, 3.8) is 0 Å². The molecule has 0 radical (unpaired) electrons. The first-order chi connectivity index (χ1) is 17.7. The van der Waals surface area contributed by atoms with Crippen LogP contribution in [0.2, 0.25) is 5.02 Å². The monoisotopic (exact) mass is 540 g/mol. The van der Waals surface area contributed by atoms with Gasteiger partial charge in [-0.1, -0.05) is 48.4 Å². The van der Waals surface area contributed by atoms with Gasteiger partial charge in [0.05, 0.1) is 17.1 Å². The van der Waals surface area contributed by atoms with E-state index in [1.165, 1.54) is 0 Å². The number of primary amides is 1. The number of terminal acetylenes is 1. The molecule has 0 heterocycles. The van der Waals surface area contributed by atoms with E-state index in [0.29, 0.717) is 21.8 Å². The number of nitrogens with one attached hydrogen (secondary N) is 2. The number of carbonyl (C=O) groups is 4. The Morgan fingerprint density at radius 3 is 2.24 bits per heavy atom. The van der Waals surface area contributed by atoms with Crippen LogP contribution in [0.5, 0.6) is 0 Å². The number of hydrogen-bond donors (Lipinski definition) is 3. The van der Waals surface area contributed by atoms with Crippen molar-refractivity contribution in [3.8, 4) is 12.5 Å². The zero-order valence-electron chi connectivity index (χ0n) is 22.3. The van der Waals surface area contributed by atoms with Crippen molar-refractivity contribution in [1.82, 2.24) is 10.2 Å². The highest BCUT2D eigenvalue weighted by Gasteiger charge is 2.37. The number of alkyl carbamates (subject to hydrolysis) is 1. The fourth-order valence-electron chi connectivity index (χ4n) is 3.73. The average Bonchev–Trinajstić information content (AvgIpc) is 2.79. The Labute approximate surface area is 228 Å². The standard InChI is InChI=1S/C28H33ClN4O5/c1-8-33(26(36)21(15-22(30)34)31-27(37)38-28(5,6)7)24(19-13-9-11-16(2)18(19)4)25(35)32-23-17(3)12-10-14-20(23)29/h1,9-14,21,24H,15H2,2-7H3,(H2,30,34)(H,31,37)(H,32,35). The van der Waals surface area contributed by atoms with E-state index in [4.69, 9.17) is 28.5 Å². The summed E-state index contributed by atoms with van der Waals surface area (Å²) in [5.41, 5.74) is 7.58. The van der Waals surface area contributed by atoms with Gasteiger partial charge in [-0.2, -0.15) is 0 Å². The number of nitrogens with zero attached hydrogens (tertiary/aromatic N) is 1. The molecule has 4 amide bonds. The molecular formula is C28H33ClN4O5. The van der Waals surface area contributed by atoms with Gasteiger partial charge in [-0.3, -0.25) is 19.3 Å². The molecule has 0 aliphatic rings. The largest absolute Gasteiger partial charge is 0.444 e. The predicted octanol–water partition coefficient (Wildman–Crippen LogP) is 4.13. The minimum absolute atomic E-state index is 0.301. The van der Waals surface area contributed by atoms with E-state index in [9.17, 15) is 19.2 Å². The van der Waals surface area contributed by atoms with Gasteiger partial charge in [0.15, 0.2) is 0 Å². The summed E-state index contributed by atoms with van der Waals surface area (Å²) in [5, 5.41) is 5.44. The Morgan fingerprint density at radius 2 is 1.68 bits per heavy atom. The van der Waals surface area contributed by atoms with E-state index in [1.807, 2.05) is 13.0 Å². The van der Waals surface area contributed by atoms with Crippen molar-refractivity contribution in [2.45, 2.75) is 65.6 Å². The third-order valence-corrected chi connectivity index (χ3v) is 6.00. The van der Waals surface area contributed by atoms with Crippen LogP contribution in [0.3, 0.4) is 0 Å². The summed E-state index contributed by atoms with van der Waals surface area (Å²) in [6.07, 6.45) is 4.26.